The fraction of sp³-hybridized carbons (Fsp3) is 0.350. The molecule has 2 heterocycles. The molecule has 0 atom stereocenters. The van der Waals surface area contributed by atoms with Crippen LogP contribution in [0.15, 0.2) is 36.4 Å². The number of hydrogen-bond acceptors (Lipinski definition) is 5. The lowest BCUT2D eigenvalue weighted by molar-refractivity contribution is 0.00578. The Balaban J connectivity index is 1.71. The first-order chi connectivity index (χ1) is 12.2. The van der Waals surface area contributed by atoms with Gasteiger partial charge in [0.1, 0.15) is 5.01 Å². The molecule has 1 aliphatic rings. The highest BCUT2D eigenvalue weighted by molar-refractivity contribution is 7.21. The summed E-state index contributed by atoms with van der Waals surface area (Å²) in [6, 6.07) is 12.3. The molecule has 2 N–H and O–H groups in total. The Hall–Kier alpha value is -1.89. The predicted octanol–water partition coefficient (Wildman–Crippen LogP) is 4.15. The largest absolute Gasteiger partial charge is 0.494 e. The van der Waals surface area contributed by atoms with Gasteiger partial charge >= 0.3 is 7.12 Å². The van der Waals surface area contributed by atoms with E-state index in [1.165, 1.54) is 0 Å². The third-order valence-corrected chi connectivity index (χ3v) is 6.43. The maximum absolute atomic E-state index is 6.19. The van der Waals surface area contributed by atoms with Crippen molar-refractivity contribution in [2.75, 3.05) is 5.73 Å². The molecular weight excluding hydrogens is 343 g/mol. The van der Waals surface area contributed by atoms with Gasteiger partial charge in [0, 0.05) is 11.3 Å². The lowest BCUT2D eigenvalue weighted by Crippen LogP contribution is -2.41. The van der Waals surface area contributed by atoms with Gasteiger partial charge in [0.2, 0.25) is 0 Å². The normalized spacial score (nSPS) is 18.6. The van der Waals surface area contributed by atoms with E-state index in [1.807, 2.05) is 31.2 Å². The lowest BCUT2D eigenvalue weighted by atomic mass is 9.79. The first kappa shape index (κ1) is 17.5. The van der Waals surface area contributed by atoms with E-state index in [1.54, 1.807) is 11.3 Å². The number of nitrogens with zero attached hydrogens (tertiary/aromatic N) is 1. The zero-order valence-electron chi connectivity index (χ0n) is 15.8. The van der Waals surface area contributed by atoms with Crippen LogP contribution < -0.4 is 11.2 Å². The van der Waals surface area contributed by atoms with Gasteiger partial charge in [-0.3, -0.25) is 0 Å². The Morgan fingerprint density at radius 2 is 1.69 bits per heavy atom. The highest BCUT2D eigenvalue weighted by Gasteiger charge is 2.51. The van der Waals surface area contributed by atoms with E-state index in [2.05, 4.69) is 39.8 Å². The van der Waals surface area contributed by atoms with Crippen LogP contribution in [-0.2, 0) is 9.31 Å². The molecule has 1 aromatic heterocycles. The molecule has 0 spiro atoms. The van der Waals surface area contributed by atoms with Crippen LogP contribution in [0.25, 0.3) is 20.8 Å². The molecule has 1 aliphatic heterocycles. The topological polar surface area (TPSA) is 57.4 Å². The van der Waals surface area contributed by atoms with Crippen molar-refractivity contribution in [2.45, 2.75) is 45.8 Å². The van der Waals surface area contributed by atoms with Gasteiger partial charge in [-0.25, -0.2) is 4.98 Å². The first-order valence-electron chi connectivity index (χ1n) is 8.79. The Bertz CT molecular complexity index is 981. The maximum atomic E-state index is 6.19. The van der Waals surface area contributed by atoms with Crippen LogP contribution in [0.4, 0.5) is 5.69 Å². The minimum atomic E-state index is -0.362. The van der Waals surface area contributed by atoms with Crippen LogP contribution >= 0.6 is 11.3 Å². The zero-order chi connectivity index (χ0) is 18.7. The average molecular weight is 366 g/mol. The summed E-state index contributed by atoms with van der Waals surface area (Å²) in [5.41, 5.74) is 10.4. The third kappa shape index (κ3) is 2.82. The van der Waals surface area contributed by atoms with E-state index in [4.69, 9.17) is 20.0 Å². The highest BCUT2D eigenvalue weighted by atomic mass is 32.1. The standard InChI is InChI=1S/C20H23BN2O2S/c1-12-6-8-14(15(22)10-12)18-23-16-9-7-13(11-17(16)26-18)21-24-19(2,3)20(4,5)25-21/h6-11H,22H2,1-5H3. The lowest BCUT2D eigenvalue weighted by Gasteiger charge is -2.32. The number of aryl methyl sites for hydroxylation is 1. The SMILES string of the molecule is Cc1ccc(-c2nc3ccc(B4OC(C)(C)C(C)(C)O4)cc3s2)c(N)c1. The molecule has 0 amide bonds. The Morgan fingerprint density at radius 1 is 1.00 bits per heavy atom. The highest BCUT2D eigenvalue weighted by Crippen LogP contribution is 2.37. The van der Waals surface area contributed by atoms with Crippen molar-refractivity contribution in [2.24, 2.45) is 0 Å². The molecule has 4 nitrogen and oxygen atoms in total. The Kier molecular flexibility index (Phi) is 3.92. The number of thiazole rings is 1. The van der Waals surface area contributed by atoms with Crippen LogP contribution in [0.5, 0.6) is 0 Å². The molecule has 0 unspecified atom stereocenters. The molecule has 26 heavy (non-hydrogen) atoms. The Labute approximate surface area is 158 Å². The summed E-state index contributed by atoms with van der Waals surface area (Å²) in [7, 11) is -0.362. The molecule has 134 valence electrons. The molecule has 4 rings (SSSR count). The van der Waals surface area contributed by atoms with Crippen molar-refractivity contribution in [3.8, 4) is 10.6 Å². The quantitative estimate of drug-likeness (QED) is 0.547. The number of aromatic nitrogens is 1. The van der Waals surface area contributed by atoms with E-state index in [9.17, 15) is 0 Å². The number of benzene rings is 2. The fourth-order valence-corrected chi connectivity index (χ4v) is 4.12. The van der Waals surface area contributed by atoms with Crippen LogP contribution in [0.1, 0.15) is 33.3 Å². The number of anilines is 1. The van der Waals surface area contributed by atoms with Crippen LogP contribution in [0.3, 0.4) is 0 Å². The smallest absolute Gasteiger partial charge is 0.399 e. The van der Waals surface area contributed by atoms with Gasteiger partial charge in [0.25, 0.3) is 0 Å². The van der Waals surface area contributed by atoms with Crippen LogP contribution in [-0.4, -0.2) is 23.3 Å². The third-order valence-electron chi connectivity index (χ3n) is 5.38. The number of hydrogen-bond donors (Lipinski definition) is 1. The van der Waals surface area contributed by atoms with E-state index in [0.29, 0.717) is 0 Å². The van der Waals surface area contributed by atoms with Gasteiger partial charge in [-0.05, 0) is 69.9 Å². The second-order valence-electron chi connectivity index (χ2n) is 7.93. The number of nitrogens with two attached hydrogens (primary N) is 1. The molecule has 0 radical (unpaired) electrons. The summed E-state index contributed by atoms with van der Waals surface area (Å²) in [5.74, 6) is 0. The fourth-order valence-electron chi connectivity index (χ4n) is 3.06. The Morgan fingerprint density at radius 3 is 2.35 bits per heavy atom. The van der Waals surface area contributed by atoms with Gasteiger partial charge in [-0.2, -0.15) is 0 Å². The summed E-state index contributed by atoms with van der Waals surface area (Å²) in [5, 5.41) is 0.934. The molecule has 1 fully saturated rings. The minimum Gasteiger partial charge on any atom is -0.399 e. The van der Waals surface area contributed by atoms with Crippen molar-refractivity contribution in [3.63, 3.8) is 0 Å². The summed E-state index contributed by atoms with van der Waals surface area (Å²) in [6.07, 6.45) is 0. The predicted molar refractivity (Wildman–Crippen MR) is 110 cm³/mol. The van der Waals surface area contributed by atoms with Crippen LogP contribution in [0.2, 0.25) is 0 Å². The van der Waals surface area contributed by atoms with Crippen LogP contribution in [0, 0.1) is 6.92 Å². The summed E-state index contributed by atoms with van der Waals surface area (Å²) >= 11 is 1.64. The minimum absolute atomic E-state index is 0.345. The molecular formula is C20H23BN2O2S. The second-order valence-corrected chi connectivity index (χ2v) is 8.96. The maximum Gasteiger partial charge on any atom is 0.494 e. The monoisotopic (exact) mass is 366 g/mol. The van der Waals surface area contributed by atoms with Gasteiger partial charge in [0.05, 0.1) is 21.4 Å². The first-order valence-corrected chi connectivity index (χ1v) is 9.61. The van der Waals surface area contributed by atoms with E-state index < -0.39 is 0 Å². The van der Waals surface area contributed by atoms with E-state index in [-0.39, 0.29) is 18.3 Å². The molecule has 0 aliphatic carbocycles. The van der Waals surface area contributed by atoms with Crippen molar-refractivity contribution < 1.29 is 9.31 Å². The van der Waals surface area contributed by atoms with Crippen molar-refractivity contribution in [1.29, 1.82) is 0 Å². The van der Waals surface area contributed by atoms with Gasteiger partial charge in [-0.15, -0.1) is 11.3 Å². The summed E-state index contributed by atoms with van der Waals surface area (Å²) < 4.78 is 13.4. The van der Waals surface area contributed by atoms with Gasteiger partial charge in [0.15, 0.2) is 0 Å². The zero-order valence-corrected chi connectivity index (χ0v) is 16.6. The molecule has 3 aromatic rings. The average Bonchev–Trinajstić information content (AvgIpc) is 3.04. The molecule has 0 bridgehead atoms. The van der Waals surface area contributed by atoms with Gasteiger partial charge < -0.3 is 15.0 Å². The molecule has 1 saturated heterocycles. The van der Waals surface area contributed by atoms with Gasteiger partial charge in [-0.1, -0.05) is 12.1 Å². The molecule has 0 saturated carbocycles. The van der Waals surface area contributed by atoms with Crippen molar-refractivity contribution >= 4 is 39.8 Å². The van der Waals surface area contributed by atoms with Crippen molar-refractivity contribution in [1.82, 2.24) is 4.98 Å². The molecule has 6 heteroatoms. The number of fused-ring (bicyclic) bond motifs is 1. The number of nitrogen functional groups attached to an aromatic ring is 1. The van der Waals surface area contributed by atoms with E-state index >= 15 is 0 Å². The second kappa shape index (κ2) is 5.81. The van der Waals surface area contributed by atoms with E-state index in [0.717, 1.165) is 37.5 Å². The number of rotatable bonds is 2. The summed E-state index contributed by atoms with van der Waals surface area (Å²) in [4.78, 5) is 4.76. The van der Waals surface area contributed by atoms with Crippen molar-refractivity contribution in [3.05, 3.63) is 42.0 Å². The summed E-state index contributed by atoms with van der Waals surface area (Å²) in [6.45, 7) is 10.3. The molecule has 2 aromatic carbocycles.